The van der Waals surface area contributed by atoms with Crippen molar-refractivity contribution in [1.29, 1.82) is 0 Å². The van der Waals surface area contributed by atoms with E-state index in [9.17, 15) is 0 Å². The van der Waals surface area contributed by atoms with E-state index in [0.29, 0.717) is 0 Å². The summed E-state index contributed by atoms with van der Waals surface area (Å²) in [6.45, 7) is 4.16. The fourth-order valence-corrected chi connectivity index (χ4v) is 2.75. The predicted octanol–water partition coefficient (Wildman–Crippen LogP) is 5.59. The van der Waals surface area contributed by atoms with Crippen molar-refractivity contribution >= 4 is 33.2 Å². The van der Waals surface area contributed by atoms with E-state index >= 15 is 0 Å². The first kappa shape index (κ1) is 15.2. The molecule has 20 heavy (non-hydrogen) atoms. The van der Waals surface area contributed by atoms with E-state index in [1.165, 1.54) is 5.56 Å². The van der Waals surface area contributed by atoms with Crippen LogP contribution in [0.4, 0.5) is 5.69 Å². The van der Waals surface area contributed by atoms with Crippen LogP contribution in [0, 0.1) is 6.92 Å². The maximum absolute atomic E-state index is 6.21. The Bertz CT molecular complexity index is 615. The van der Waals surface area contributed by atoms with Crippen LogP contribution in [0.2, 0.25) is 5.02 Å². The lowest BCUT2D eigenvalue weighted by Gasteiger charge is -2.18. The number of methoxy groups -OCH3 is 1. The van der Waals surface area contributed by atoms with Crippen molar-refractivity contribution in [2.75, 3.05) is 12.4 Å². The van der Waals surface area contributed by atoms with Crippen molar-refractivity contribution in [2.24, 2.45) is 0 Å². The van der Waals surface area contributed by atoms with Crippen molar-refractivity contribution in [2.45, 2.75) is 19.9 Å². The lowest BCUT2D eigenvalue weighted by Crippen LogP contribution is -2.07. The van der Waals surface area contributed by atoms with Crippen molar-refractivity contribution in [3.05, 3.63) is 57.0 Å². The lowest BCUT2D eigenvalue weighted by molar-refractivity contribution is 0.412. The molecule has 0 amide bonds. The van der Waals surface area contributed by atoms with Crippen molar-refractivity contribution in [3.63, 3.8) is 0 Å². The van der Waals surface area contributed by atoms with Crippen LogP contribution >= 0.6 is 27.5 Å². The minimum absolute atomic E-state index is 0.150. The second kappa shape index (κ2) is 6.51. The molecule has 2 rings (SSSR count). The van der Waals surface area contributed by atoms with Gasteiger partial charge in [-0.1, -0.05) is 23.7 Å². The molecule has 0 fully saturated rings. The average molecular weight is 355 g/mol. The summed E-state index contributed by atoms with van der Waals surface area (Å²) >= 11 is 9.72. The quantitative estimate of drug-likeness (QED) is 0.772. The lowest BCUT2D eigenvalue weighted by atomic mass is 10.1. The number of hydrogen-bond acceptors (Lipinski definition) is 2. The Morgan fingerprint density at radius 3 is 2.60 bits per heavy atom. The zero-order valence-electron chi connectivity index (χ0n) is 11.7. The summed E-state index contributed by atoms with van der Waals surface area (Å²) in [6.07, 6.45) is 0. The molecule has 1 unspecified atom stereocenters. The van der Waals surface area contributed by atoms with Crippen LogP contribution in [0.15, 0.2) is 40.9 Å². The molecule has 0 saturated heterocycles. The molecule has 0 spiro atoms. The Labute approximate surface area is 133 Å². The van der Waals surface area contributed by atoms with Gasteiger partial charge in [-0.2, -0.15) is 0 Å². The van der Waals surface area contributed by atoms with Gasteiger partial charge in [0.1, 0.15) is 5.75 Å². The Balaban J connectivity index is 2.21. The molecule has 2 aromatic carbocycles. The number of rotatable bonds is 4. The molecule has 1 N–H and O–H groups in total. The maximum Gasteiger partial charge on any atom is 0.133 e. The van der Waals surface area contributed by atoms with Crippen LogP contribution in [-0.2, 0) is 0 Å². The van der Waals surface area contributed by atoms with Gasteiger partial charge < -0.3 is 10.1 Å². The van der Waals surface area contributed by atoms with E-state index in [2.05, 4.69) is 47.2 Å². The van der Waals surface area contributed by atoms with Gasteiger partial charge in [0.25, 0.3) is 0 Å². The molecule has 2 nitrogen and oxygen atoms in total. The van der Waals surface area contributed by atoms with E-state index in [1.807, 2.05) is 24.3 Å². The molecule has 2 aromatic rings. The number of benzene rings is 2. The monoisotopic (exact) mass is 353 g/mol. The van der Waals surface area contributed by atoms with Gasteiger partial charge in [-0.3, -0.25) is 0 Å². The van der Waals surface area contributed by atoms with E-state index in [1.54, 1.807) is 7.11 Å². The molecular formula is C16H17BrClNO. The van der Waals surface area contributed by atoms with Crippen LogP contribution in [0.25, 0.3) is 0 Å². The third-order valence-corrected chi connectivity index (χ3v) is 4.12. The zero-order chi connectivity index (χ0) is 14.7. The predicted molar refractivity (Wildman–Crippen MR) is 88.9 cm³/mol. The highest BCUT2D eigenvalue weighted by Gasteiger charge is 2.10. The number of nitrogens with one attached hydrogen (secondary N) is 1. The summed E-state index contributed by atoms with van der Waals surface area (Å²) in [5.74, 6) is 0.828. The van der Waals surface area contributed by atoms with Crippen LogP contribution in [0.5, 0.6) is 5.75 Å². The molecule has 0 bridgehead atoms. The molecule has 0 radical (unpaired) electrons. The number of aryl methyl sites for hydroxylation is 1. The second-order valence-corrected chi connectivity index (χ2v) is 6.00. The first-order chi connectivity index (χ1) is 9.51. The third-order valence-electron chi connectivity index (χ3n) is 3.17. The topological polar surface area (TPSA) is 21.3 Å². The Hall–Kier alpha value is -1.19. The summed E-state index contributed by atoms with van der Waals surface area (Å²) in [5.41, 5.74) is 3.29. The van der Waals surface area contributed by atoms with Crippen LogP contribution in [-0.4, -0.2) is 7.11 Å². The van der Waals surface area contributed by atoms with Gasteiger partial charge >= 0.3 is 0 Å². The van der Waals surface area contributed by atoms with Crippen LogP contribution < -0.4 is 10.1 Å². The first-order valence-corrected chi connectivity index (χ1v) is 7.54. The fourth-order valence-electron chi connectivity index (χ4n) is 2.02. The number of ether oxygens (including phenoxy) is 1. The van der Waals surface area contributed by atoms with Crippen molar-refractivity contribution in [3.8, 4) is 5.75 Å². The molecule has 0 heterocycles. The van der Waals surface area contributed by atoms with Gasteiger partial charge in [0.2, 0.25) is 0 Å². The van der Waals surface area contributed by atoms with Gasteiger partial charge in [-0.15, -0.1) is 0 Å². The average Bonchev–Trinajstić information content (AvgIpc) is 2.42. The van der Waals surface area contributed by atoms with E-state index in [-0.39, 0.29) is 6.04 Å². The minimum Gasteiger partial charge on any atom is -0.496 e. The largest absolute Gasteiger partial charge is 0.496 e. The Kier molecular flexibility index (Phi) is 4.95. The molecule has 0 saturated carbocycles. The number of hydrogen-bond donors (Lipinski definition) is 1. The third kappa shape index (κ3) is 3.47. The van der Waals surface area contributed by atoms with Crippen LogP contribution in [0.3, 0.4) is 0 Å². The van der Waals surface area contributed by atoms with Gasteiger partial charge in [0.05, 0.1) is 22.3 Å². The molecule has 106 valence electrons. The molecule has 4 heteroatoms. The molecule has 0 aliphatic carbocycles. The van der Waals surface area contributed by atoms with E-state index in [4.69, 9.17) is 16.3 Å². The molecule has 0 aromatic heterocycles. The van der Waals surface area contributed by atoms with Crippen molar-refractivity contribution in [1.82, 2.24) is 0 Å². The van der Waals surface area contributed by atoms with E-state index in [0.717, 1.165) is 26.5 Å². The zero-order valence-corrected chi connectivity index (χ0v) is 14.0. The number of halogens is 2. The highest BCUT2D eigenvalue weighted by Crippen LogP contribution is 2.31. The second-order valence-electron chi connectivity index (χ2n) is 4.74. The summed E-state index contributed by atoms with van der Waals surface area (Å²) in [5, 5.41) is 4.17. The fraction of sp³-hybridized carbons (Fsp3) is 0.250. The molecule has 1 atom stereocenters. The van der Waals surface area contributed by atoms with Gasteiger partial charge in [0, 0.05) is 6.04 Å². The number of anilines is 1. The standard InChI is InChI=1S/C16H17BrClNO/c1-10-4-6-14(18)15(8-10)19-11(2)12-5-7-16(20-3)13(17)9-12/h4-9,11,19H,1-3H3. The van der Waals surface area contributed by atoms with E-state index < -0.39 is 0 Å². The molecule has 0 aliphatic rings. The van der Waals surface area contributed by atoms with Crippen molar-refractivity contribution < 1.29 is 4.74 Å². The summed E-state index contributed by atoms with van der Waals surface area (Å²) < 4.78 is 6.19. The summed E-state index contributed by atoms with van der Waals surface area (Å²) in [6, 6.07) is 12.2. The molecule has 0 aliphatic heterocycles. The maximum atomic E-state index is 6.21. The Morgan fingerprint density at radius 2 is 1.95 bits per heavy atom. The minimum atomic E-state index is 0.150. The normalized spacial score (nSPS) is 12.1. The highest BCUT2D eigenvalue weighted by atomic mass is 79.9. The Morgan fingerprint density at radius 1 is 1.20 bits per heavy atom. The SMILES string of the molecule is COc1ccc(C(C)Nc2cc(C)ccc2Cl)cc1Br. The van der Waals surface area contributed by atoms with Gasteiger partial charge in [-0.05, 0) is 65.2 Å². The smallest absolute Gasteiger partial charge is 0.133 e. The van der Waals surface area contributed by atoms with Gasteiger partial charge in [0.15, 0.2) is 0 Å². The van der Waals surface area contributed by atoms with Gasteiger partial charge in [-0.25, -0.2) is 0 Å². The molecular weight excluding hydrogens is 338 g/mol. The first-order valence-electron chi connectivity index (χ1n) is 6.37. The summed E-state index contributed by atoms with van der Waals surface area (Å²) in [7, 11) is 1.66. The van der Waals surface area contributed by atoms with Crippen LogP contribution in [0.1, 0.15) is 24.1 Å². The summed E-state index contributed by atoms with van der Waals surface area (Å²) in [4.78, 5) is 0. The highest BCUT2D eigenvalue weighted by molar-refractivity contribution is 9.10.